The highest BCUT2D eigenvalue weighted by Gasteiger charge is 2.47. The SMILES string of the molecule is COc1nc(N[C@@H]2CCN(C3COC3)CC2(F)F)nn2cc(F)c(-c3ccc4ncn(CC(F)F)c4c3)c12. The molecule has 1 N–H and O–H groups in total. The van der Waals surface area contributed by atoms with E-state index in [9.17, 15) is 17.6 Å². The second-order valence-corrected chi connectivity index (χ2v) is 9.49. The van der Waals surface area contributed by atoms with Crippen LogP contribution in [0.15, 0.2) is 30.7 Å². The molecule has 0 aliphatic carbocycles. The molecule has 0 radical (unpaired) electrons. The van der Waals surface area contributed by atoms with E-state index in [0.717, 1.165) is 6.20 Å². The number of aromatic nitrogens is 5. The van der Waals surface area contributed by atoms with Gasteiger partial charge < -0.3 is 19.4 Å². The number of halogens is 5. The first-order valence-corrected chi connectivity index (χ1v) is 12.1. The van der Waals surface area contributed by atoms with E-state index in [-0.39, 0.29) is 35.4 Å². The van der Waals surface area contributed by atoms with E-state index < -0.39 is 37.3 Å². The Morgan fingerprint density at radius 1 is 1.26 bits per heavy atom. The van der Waals surface area contributed by atoms with Crippen LogP contribution in [0.25, 0.3) is 27.7 Å². The molecule has 1 aromatic carbocycles. The Bertz CT molecular complexity index is 1490. The van der Waals surface area contributed by atoms with Gasteiger partial charge in [0.1, 0.15) is 5.52 Å². The second kappa shape index (κ2) is 9.34. The molecule has 2 fully saturated rings. The van der Waals surface area contributed by atoms with Gasteiger partial charge in [-0.2, -0.15) is 4.98 Å². The summed E-state index contributed by atoms with van der Waals surface area (Å²) in [5.41, 5.74) is 1.50. The number of benzene rings is 1. The average Bonchev–Trinajstić information content (AvgIpc) is 3.37. The molecule has 14 heteroatoms. The maximum atomic E-state index is 15.3. The smallest absolute Gasteiger partial charge is 0.280 e. The molecular formula is C24H24F5N7O2. The van der Waals surface area contributed by atoms with Crippen molar-refractivity contribution in [1.29, 1.82) is 0 Å². The van der Waals surface area contributed by atoms with Gasteiger partial charge in [0.25, 0.3) is 12.3 Å². The number of methoxy groups -OCH3 is 1. The molecule has 1 atom stereocenters. The summed E-state index contributed by atoms with van der Waals surface area (Å²) >= 11 is 0. The highest BCUT2D eigenvalue weighted by atomic mass is 19.3. The quantitative estimate of drug-likeness (QED) is 0.360. The summed E-state index contributed by atoms with van der Waals surface area (Å²) in [5.74, 6) is -3.89. The highest BCUT2D eigenvalue weighted by molar-refractivity contribution is 5.90. The summed E-state index contributed by atoms with van der Waals surface area (Å²) in [5, 5.41) is 6.94. The van der Waals surface area contributed by atoms with Crippen LogP contribution in [-0.2, 0) is 11.3 Å². The zero-order valence-electron chi connectivity index (χ0n) is 20.3. The molecule has 202 valence electrons. The number of ether oxygens (including phenoxy) is 2. The minimum absolute atomic E-state index is 0.00372. The van der Waals surface area contributed by atoms with E-state index >= 15 is 4.39 Å². The molecule has 38 heavy (non-hydrogen) atoms. The molecule has 3 aromatic heterocycles. The minimum Gasteiger partial charge on any atom is -0.479 e. The topological polar surface area (TPSA) is 81.7 Å². The molecule has 2 saturated heterocycles. The van der Waals surface area contributed by atoms with Crippen LogP contribution < -0.4 is 10.1 Å². The molecule has 0 amide bonds. The molecule has 9 nitrogen and oxygen atoms in total. The highest BCUT2D eigenvalue weighted by Crippen LogP contribution is 2.36. The Labute approximate surface area is 213 Å². The lowest BCUT2D eigenvalue weighted by molar-refractivity contribution is -0.131. The summed E-state index contributed by atoms with van der Waals surface area (Å²) in [6.45, 7) is 0.402. The van der Waals surface area contributed by atoms with Gasteiger partial charge in [0.2, 0.25) is 11.8 Å². The molecule has 2 aliphatic rings. The van der Waals surface area contributed by atoms with E-state index in [1.165, 1.54) is 22.5 Å². The fourth-order valence-corrected chi connectivity index (χ4v) is 5.05. The van der Waals surface area contributed by atoms with E-state index in [1.54, 1.807) is 23.1 Å². The normalized spacial score (nSPS) is 20.3. The average molecular weight is 537 g/mol. The first-order chi connectivity index (χ1) is 18.2. The molecule has 6 rings (SSSR count). The summed E-state index contributed by atoms with van der Waals surface area (Å²) < 4.78 is 84.2. The van der Waals surface area contributed by atoms with Crippen LogP contribution >= 0.6 is 0 Å². The predicted molar refractivity (Wildman–Crippen MR) is 127 cm³/mol. The van der Waals surface area contributed by atoms with Crippen molar-refractivity contribution in [2.24, 2.45) is 0 Å². The number of alkyl halides is 4. The summed E-state index contributed by atoms with van der Waals surface area (Å²) in [4.78, 5) is 10.1. The molecule has 0 saturated carbocycles. The lowest BCUT2D eigenvalue weighted by Crippen LogP contribution is -2.61. The largest absolute Gasteiger partial charge is 0.479 e. The van der Waals surface area contributed by atoms with Crippen LogP contribution in [0, 0.1) is 5.82 Å². The third-order valence-corrected chi connectivity index (χ3v) is 7.06. The maximum absolute atomic E-state index is 15.3. The van der Waals surface area contributed by atoms with Gasteiger partial charge in [0.15, 0.2) is 5.82 Å². The van der Waals surface area contributed by atoms with Crippen LogP contribution in [0.5, 0.6) is 5.88 Å². The molecular weight excluding hydrogens is 513 g/mol. The van der Waals surface area contributed by atoms with E-state index in [0.29, 0.717) is 36.4 Å². The second-order valence-electron chi connectivity index (χ2n) is 9.49. The van der Waals surface area contributed by atoms with Crippen LogP contribution in [0.4, 0.5) is 27.9 Å². The number of nitrogens with one attached hydrogen (secondary N) is 1. The fourth-order valence-electron chi connectivity index (χ4n) is 5.05. The number of rotatable bonds is 7. The third kappa shape index (κ3) is 4.30. The third-order valence-electron chi connectivity index (χ3n) is 7.06. The first kappa shape index (κ1) is 24.8. The van der Waals surface area contributed by atoms with Crippen LogP contribution in [0.3, 0.4) is 0 Å². The van der Waals surface area contributed by atoms with Gasteiger partial charge in [-0.15, -0.1) is 5.10 Å². The van der Waals surface area contributed by atoms with Crippen molar-refractivity contribution in [3.63, 3.8) is 0 Å². The Balaban J connectivity index is 1.33. The van der Waals surface area contributed by atoms with Gasteiger partial charge in [-0.3, -0.25) is 4.90 Å². The van der Waals surface area contributed by atoms with Crippen molar-refractivity contribution >= 4 is 22.5 Å². The number of hydrogen-bond acceptors (Lipinski definition) is 7. The Morgan fingerprint density at radius 2 is 2.08 bits per heavy atom. The minimum atomic E-state index is -3.05. The molecule has 0 bridgehead atoms. The molecule has 2 aliphatic heterocycles. The lowest BCUT2D eigenvalue weighted by Gasteiger charge is -2.44. The van der Waals surface area contributed by atoms with Crippen LogP contribution in [-0.4, -0.2) is 86.9 Å². The summed E-state index contributed by atoms with van der Waals surface area (Å²) in [7, 11) is 1.33. The van der Waals surface area contributed by atoms with Gasteiger partial charge in [0.05, 0.1) is 74.6 Å². The number of piperidine rings is 1. The van der Waals surface area contributed by atoms with Gasteiger partial charge in [-0.1, -0.05) is 6.07 Å². The number of imidazole rings is 1. The van der Waals surface area contributed by atoms with Crippen molar-refractivity contribution in [3.8, 4) is 17.0 Å². The predicted octanol–water partition coefficient (Wildman–Crippen LogP) is 3.68. The zero-order valence-corrected chi connectivity index (χ0v) is 20.3. The van der Waals surface area contributed by atoms with E-state index in [2.05, 4.69) is 20.4 Å². The van der Waals surface area contributed by atoms with Gasteiger partial charge in [-0.25, -0.2) is 31.5 Å². The maximum Gasteiger partial charge on any atom is 0.280 e. The monoisotopic (exact) mass is 537 g/mol. The van der Waals surface area contributed by atoms with E-state index in [4.69, 9.17) is 9.47 Å². The van der Waals surface area contributed by atoms with Gasteiger partial charge in [-0.05, 0) is 24.1 Å². The molecule has 0 spiro atoms. The van der Waals surface area contributed by atoms with Crippen molar-refractivity contribution in [2.45, 2.75) is 37.4 Å². The zero-order chi connectivity index (χ0) is 26.6. The van der Waals surface area contributed by atoms with E-state index in [1.807, 2.05) is 0 Å². The lowest BCUT2D eigenvalue weighted by atomic mass is 9.98. The van der Waals surface area contributed by atoms with Crippen LogP contribution in [0.1, 0.15) is 6.42 Å². The van der Waals surface area contributed by atoms with Crippen molar-refractivity contribution in [3.05, 3.63) is 36.5 Å². The fraction of sp³-hybridized carbons (Fsp3) is 0.458. The number of anilines is 1. The summed E-state index contributed by atoms with van der Waals surface area (Å²) in [6.07, 6.45) is -0.0334. The molecule has 0 unspecified atom stereocenters. The number of fused-ring (bicyclic) bond motifs is 2. The van der Waals surface area contributed by atoms with Gasteiger partial charge in [0, 0.05) is 6.54 Å². The first-order valence-electron chi connectivity index (χ1n) is 12.1. The molecule has 5 heterocycles. The van der Waals surface area contributed by atoms with Gasteiger partial charge >= 0.3 is 0 Å². The Hall–Kier alpha value is -3.52. The van der Waals surface area contributed by atoms with Crippen LogP contribution in [0.2, 0.25) is 0 Å². The number of hydrogen-bond donors (Lipinski definition) is 1. The molecule has 4 aromatic rings. The number of likely N-dealkylation sites (tertiary alicyclic amines) is 1. The van der Waals surface area contributed by atoms with Crippen molar-refractivity contribution in [1.82, 2.24) is 29.0 Å². The number of nitrogens with zero attached hydrogens (tertiary/aromatic N) is 6. The standard InChI is InChI=1S/C24H24F5N7O2/c1-37-22-21-20(13-2-3-16-17(6-13)35(12-30-16)8-19(26)27)15(25)7-36(21)33-23(32-22)31-18-4-5-34(11-24(18,28)29)14-9-38-10-14/h2-3,6-7,12,14,18-19H,4-5,8-11H2,1H3,(H,31,33)/t18-/m1/s1. The Morgan fingerprint density at radius 3 is 2.76 bits per heavy atom. The summed E-state index contributed by atoms with van der Waals surface area (Å²) in [6, 6.07) is 3.54. The Kier molecular flexibility index (Phi) is 6.10. The van der Waals surface area contributed by atoms with Crippen molar-refractivity contribution < 1.29 is 31.4 Å². The van der Waals surface area contributed by atoms with Crippen molar-refractivity contribution in [2.75, 3.05) is 38.7 Å².